The summed E-state index contributed by atoms with van der Waals surface area (Å²) in [5, 5.41) is 0. The fourth-order valence-electron chi connectivity index (χ4n) is 0.983. The van der Waals surface area contributed by atoms with E-state index >= 15 is 0 Å². The van der Waals surface area contributed by atoms with Gasteiger partial charge in [0.2, 0.25) is 0 Å². The molecule has 14 heavy (non-hydrogen) atoms. The second-order valence-electron chi connectivity index (χ2n) is 4.19. The van der Waals surface area contributed by atoms with Gasteiger partial charge >= 0.3 is 5.97 Å². The highest BCUT2D eigenvalue weighted by atomic mass is 35.5. The van der Waals surface area contributed by atoms with Gasteiger partial charge in [0.1, 0.15) is 5.60 Å². The first kappa shape index (κ1) is 16.2. The Kier molecular flexibility index (Phi) is 9.31. The summed E-state index contributed by atoms with van der Waals surface area (Å²) in [7, 11) is 0. The first-order valence-corrected chi connectivity index (χ1v) is 4.87. The Morgan fingerprint density at radius 2 is 1.79 bits per heavy atom. The highest BCUT2D eigenvalue weighted by Crippen LogP contribution is 2.10. The lowest BCUT2D eigenvalue weighted by Gasteiger charge is -2.19. The first-order chi connectivity index (χ1) is 5.95. The van der Waals surface area contributed by atoms with Crippen LogP contribution in [0, 0.1) is 0 Å². The summed E-state index contributed by atoms with van der Waals surface area (Å²) in [4.78, 5) is 11.2. The summed E-state index contributed by atoms with van der Waals surface area (Å²) in [6, 6.07) is 0. The molecular formula is C10H22ClNO2. The predicted molar refractivity (Wildman–Crippen MR) is 60.6 cm³/mol. The molecule has 0 aliphatic carbocycles. The SMILES string of the molecule is CC(C)(C)OC(=O)CCCCCN.Cl. The maximum absolute atomic E-state index is 11.2. The van der Waals surface area contributed by atoms with E-state index in [9.17, 15) is 4.79 Å². The number of halogens is 1. The second-order valence-corrected chi connectivity index (χ2v) is 4.19. The quantitative estimate of drug-likeness (QED) is 0.575. The number of ether oxygens (including phenoxy) is 1. The third-order valence-electron chi connectivity index (χ3n) is 1.51. The molecule has 0 atom stereocenters. The molecule has 0 unspecified atom stereocenters. The molecule has 0 aliphatic heterocycles. The summed E-state index contributed by atoms with van der Waals surface area (Å²) in [6.45, 7) is 6.34. The van der Waals surface area contributed by atoms with Crippen molar-refractivity contribution in [2.45, 2.75) is 52.1 Å². The van der Waals surface area contributed by atoms with Crippen molar-refractivity contribution in [2.24, 2.45) is 5.73 Å². The van der Waals surface area contributed by atoms with E-state index < -0.39 is 0 Å². The van der Waals surface area contributed by atoms with Gasteiger partial charge in [-0.05, 0) is 40.2 Å². The van der Waals surface area contributed by atoms with Crippen LogP contribution < -0.4 is 5.73 Å². The monoisotopic (exact) mass is 223 g/mol. The molecule has 0 fully saturated rings. The first-order valence-electron chi connectivity index (χ1n) is 4.87. The van der Waals surface area contributed by atoms with Crippen LogP contribution in [0.1, 0.15) is 46.5 Å². The maximum Gasteiger partial charge on any atom is 0.306 e. The molecular weight excluding hydrogens is 202 g/mol. The number of carbonyl (C=O) groups is 1. The Hall–Kier alpha value is -0.280. The Labute approximate surface area is 92.8 Å². The van der Waals surface area contributed by atoms with E-state index in [1.807, 2.05) is 20.8 Å². The zero-order chi connectivity index (χ0) is 10.3. The van der Waals surface area contributed by atoms with Crippen molar-refractivity contribution in [1.82, 2.24) is 0 Å². The van der Waals surface area contributed by atoms with Gasteiger partial charge in [0.15, 0.2) is 0 Å². The van der Waals surface area contributed by atoms with Gasteiger partial charge in [0.05, 0.1) is 0 Å². The molecule has 0 spiro atoms. The number of esters is 1. The van der Waals surface area contributed by atoms with E-state index in [-0.39, 0.29) is 24.0 Å². The van der Waals surface area contributed by atoms with Gasteiger partial charge in [-0.3, -0.25) is 4.79 Å². The van der Waals surface area contributed by atoms with Crippen molar-refractivity contribution in [3.63, 3.8) is 0 Å². The van der Waals surface area contributed by atoms with Gasteiger partial charge in [0.25, 0.3) is 0 Å². The molecule has 0 saturated carbocycles. The predicted octanol–water partition coefficient (Wildman–Crippen LogP) is 2.27. The van der Waals surface area contributed by atoms with Crippen LogP contribution in [0.4, 0.5) is 0 Å². The lowest BCUT2D eigenvalue weighted by atomic mass is 10.1. The topological polar surface area (TPSA) is 52.3 Å². The standard InChI is InChI=1S/C10H21NO2.ClH/c1-10(2,3)13-9(12)7-5-4-6-8-11;/h4-8,11H2,1-3H3;1H. The average molecular weight is 224 g/mol. The summed E-state index contributed by atoms with van der Waals surface area (Å²) in [6.07, 6.45) is 3.39. The minimum atomic E-state index is -0.356. The minimum absolute atomic E-state index is 0. The van der Waals surface area contributed by atoms with E-state index in [1.54, 1.807) is 0 Å². The normalized spacial score (nSPS) is 10.6. The molecule has 0 saturated heterocycles. The van der Waals surface area contributed by atoms with Gasteiger partial charge in [-0.2, -0.15) is 0 Å². The van der Waals surface area contributed by atoms with Crippen LogP contribution in [-0.4, -0.2) is 18.1 Å². The zero-order valence-electron chi connectivity index (χ0n) is 9.34. The van der Waals surface area contributed by atoms with Crippen LogP contribution in [0.2, 0.25) is 0 Å². The largest absolute Gasteiger partial charge is 0.460 e. The fourth-order valence-corrected chi connectivity index (χ4v) is 0.983. The average Bonchev–Trinajstić information content (AvgIpc) is 1.94. The zero-order valence-corrected chi connectivity index (χ0v) is 10.2. The number of nitrogens with two attached hydrogens (primary N) is 1. The molecule has 0 amide bonds. The molecule has 0 aromatic carbocycles. The van der Waals surface area contributed by atoms with Crippen LogP contribution in [0.3, 0.4) is 0 Å². The lowest BCUT2D eigenvalue weighted by molar-refractivity contribution is -0.154. The summed E-state index contributed by atoms with van der Waals surface area (Å²) < 4.78 is 5.15. The summed E-state index contributed by atoms with van der Waals surface area (Å²) in [5.41, 5.74) is 4.97. The lowest BCUT2D eigenvalue weighted by Crippen LogP contribution is -2.23. The molecule has 2 N–H and O–H groups in total. The Bertz CT molecular complexity index is 155. The van der Waals surface area contributed by atoms with Crippen LogP contribution >= 0.6 is 12.4 Å². The van der Waals surface area contributed by atoms with Crippen molar-refractivity contribution >= 4 is 18.4 Å². The van der Waals surface area contributed by atoms with Crippen molar-refractivity contribution in [2.75, 3.05) is 6.54 Å². The minimum Gasteiger partial charge on any atom is -0.460 e. The molecule has 86 valence electrons. The molecule has 0 aromatic heterocycles. The highest BCUT2D eigenvalue weighted by molar-refractivity contribution is 5.85. The van der Waals surface area contributed by atoms with Gasteiger partial charge < -0.3 is 10.5 Å². The maximum atomic E-state index is 11.2. The van der Waals surface area contributed by atoms with Crippen molar-refractivity contribution < 1.29 is 9.53 Å². The molecule has 0 bridgehead atoms. The number of hydrogen-bond donors (Lipinski definition) is 1. The van der Waals surface area contributed by atoms with Crippen molar-refractivity contribution in [1.29, 1.82) is 0 Å². The summed E-state index contributed by atoms with van der Waals surface area (Å²) >= 11 is 0. The third kappa shape index (κ3) is 11.7. The van der Waals surface area contributed by atoms with Crippen LogP contribution in [0.15, 0.2) is 0 Å². The van der Waals surface area contributed by atoms with Gasteiger partial charge in [-0.25, -0.2) is 0 Å². The number of unbranched alkanes of at least 4 members (excludes halogenated alkanes) is 2. The number of carbonyl (C=O) groups excluding carboxylic acids is 1. The number of rotatable bonds is 5. The molecule has 4 heteroatoms. The second kappa shape index (κ2) is 8.06. The van der Waals surface area contributed by atoms with E-state index in [0.717, 1.165) is 19.3 Å². The Morgan fingerprint density at radius 3 is 2.21 bits per heavy atom. The van der Waals surface area contributed by atoms with Crippen molar-refractivity contribution in [3.05, 3.63) is 0 Å². The molecule has 0 radical (unpaired) electrons. The number of hydrogen-bond acceptors (Lipinski definition) is 3. The third-order valence-corrected chi connectivity index (χ3v) is 1.51. The van der Waals surface area contributed by atoms with Gasteiger partial charge in [-0.1, -0.05) is 6.42 Å². The van der Waals surface area contributed by atoms with E-state index in [2.05, 4.69) is 0 Å². The summed E-state index contributed by atoms with van der Waals surface area (Å²) in [5.74, 6) is -0.107. The van der Waals surface area contributed by atoms with E-state index in [1.165, 1.54) is 0 Å². The highest BCUT2D eigenvalue weighted by Gasteiger charge is 2.15. The van der Waals surface area contributed by atoms with Crippen molar-refractivity contribution in [3.8, 4) is 0 Å². The smallest absolute Gasteiger partial charge is 0.306 e. The molecule has 0 rings (SSSR count). The molecule has 0 aromatic rings. The van der Waals surface area contributed by atoms with E-state index in [0.29, 0.717) is 13.0 Å². The van der Waals surface area contributed by atoms with E-state index in [4.69, 9.17) is 10.5 Å². The van der Waals surface area contributed by atoms with Crippen LogP contribution in [0.25, 0.3) is 0 Å². The van der Waals surface area contributed by atoms with Gasteiger partial charge in [-0.15, -0.1) is 12.4 Å². The Balaban J connectivity index is 0. The Morgan fingerprint density at radius 1 is 1.21 bits per heavy atom. The molecule has 3 nitrogen and oxygen atoms in total. The van der Waals surface area contributed by atoms with Gasteiger partial charge in [0, 0.05) is 6.42 Å². The van der Waals surface area contributed by atoms with Crippen LogP contribution in [-0.2, 0) is 9.53 Å². The fraction of sp³-hybridized carbons (Fsp3) is 0.900. The van der Waals surface area contributed by atoms with Crippen LogP contribution in [0.5, 0.6) is 0 Å². The molecule has 0 aliphatic rings. The molecule has 0 heterocycles.